The molecule has 1 saturated heterocycles. The number of Topliss-reactive ketones (excluding diaryl/α,β-unsaturated/α-hetero) is 1. The summed E-state index contributed by atoms with van der Waals surface area (Å²) in [7, 11) is 0. The SMILES string of the molecule is CC(=O)C1CCCCN1c1nc(C(C)(C)C)ns1. The number of carbonyl (C=O) groups is 1. The van der Waals surface area contributed by atoms with Crippen LogP contribution in [-0.2, 0) is 10.2 Å². The first-order valence-corrected chi connectivity index (χ1v) is 7.28. The molecule has 1 aromatic rings. The Morgan fingerprint density at radius 1 is 1.39 bits per heavy atom. The summed E-state index contributed by atoms with van der Waals surface area (Å²) in [5, 5.41) is 0.903. The standard InChI is InChI=1S/C13H21N3OS/c1-9(17)10-7-5-6-8-16(10)12-14-11(15-18-12)13(2,3)4/h10H,5-8H2,1-4H3. The van der Waals surface area contributed by atoms with Crippen molar-refractivity contribution in [1.82, 2.24) is 9.36 Å². The smallest absolute Gasteiger partial charge is 0.205 e. The van der Waals surface area contributed by atoms with Crippen LogP contribution >= 0.6 is 11.5 Å². The molecule has 18 heavy (non-hydrogen) atoms. The van der Waals surface area contributed by atoms with Crippen LogP contribution in [0.2, 0.25) is 0 Å². The second-order valence-electron chi connectivity index (χ2n) is 5.97. The summed E-state index contributed by atoms with van der Waals surface area (Å²) >= 11 is 1.42. The van der Waals surface area contributed by atoms with Gasteiger partial charge >= 0.3 is 0 Å². The summed E-state index contributed by atoms with van der Waals surface area (Å²) in [5.74, 6) is 1.11. The summed E-state index contributed by atoms with van der Waals surface area (Å²) in [5.41, 5.74) is -0.0315. The third-order valence-electron chi connectivity index (χ3n) is 3.30. The lowest BCUT2D eigenvalue weighted by Crippen LogP contribution is -2.43. The molecule has 1 unspecified atom stereocenters. The Morgan fingerprint density at radius 2 is 2.11 bits per heavy atom. The van der Waals surface area contributed by atoms with Gasteiger partial charge in [0.05, 0.1) is 6.04 Å². The van der Waals surface area contributed by atoms with E-state index in [-0.39, 0.29) is 17.2 Å². The molecule has 1 aliphatic rings. The Kier molecular flexibility index (Phi) is 3.71. The molecule has 0 aliphatic carbocycles. The molecule has 0 spiro atoms. The molecule has 1 aromatic heterocycles. The van der Waals surface area contributed by atoms with Crippen LogP contribution in [-0.4, -0.2) is 27.7 Å². The Bertz CT molecular complexity index is 436. The lowest BCUT2D eigenvalue weighted by molar-refractivity contribution is -0.118. The Balaban J connectivity index is 2.24. The maximum atomic E-state index is 11.7. The zero-order valence-electron chi connectivity index (χ0n) is 11.6. The number of rotatable bonds is 2. The van der Waals surface area contributed by atoms with Crippen molar-refractivity contribution >= 4 is 22.4 Å². The third kappa shape index (κ3) is 2.71. The fourth-order valence-corrected chi connectivity index (χ4v) is 3.15. The lowest BCUT2D eigenvalue weighted by atomic mass is 9.96. The van der Waals surface area contributed by atoms with Gasteiger partial charge in [0.1, 0.15) is 5.82 Å². The Hall–Kier alpha value is -0.970. The van der Waals surface area contributed by atoms with E-state index < -0.39 is 0 Å². The largest absolute Gasteiger partial charge is 0.337 e. The quantitative estimate of drug-likeness (QED) is 0.826. The van der Waals surface area contributed by atoms with Gasteiger partial charge in [-0.25, -0.2) is 4.98 Å². The lowest BCUT2D eigenvalue weighted by Gasteiger charge is -2.33. The minimum absolute atomic E-state index is 0.000446. The number of piperidine rings is 1. The molecule has 2 rings (SSSR count). The van der Waals surface area contributed by atoms with Crippen molar-refractivity contribution in [2.45, 2.75) is 58.4 Å². The molecule has 0 radical (unpaired) electrons. The van der Waals surface area contributed by atoms with Crippen molar-refractivity contribution in [2.75, 3.05) is 11.4 Å². The predicted molar refractivity (Wildman–Crippen MR) is 74.3 cm³/mol. The van der Waals surface area contributed by atoms with E-state index in [4.69, 9.17) is 0 Å². The fraction of sp³-hybridized carbons (Fsp3) is 0.769. The van der Waals surface area contributed by atoms with Gasteiger partial charge in [0.15, 0.2) is 5.78 Å². The first kappa shape index (κ1) is 13.5. The first-order valence-electron chi connectivity index (χ1n) is 6.51. The molecule has 0 aromatic carbocycles. The number of hydrogen-bond donors (Lipinski definition) is 0. The second kappa shape index (κ2) is 4.96. The number of anilines is 1. The average Bonchev–Trinajstić information content (AvgIpc) is 2.77. The number of aromatic nitrogens is 2. The molecule has 5 heteroatoms. The van der Waals surface area contributed by atoms with E-state index in [2.05, 4.69) is 35.0 Å². The number of nitrogens with zero attached hydrogens (tertiary/aromatic N) is 3. The van der Waals surface area contributed by atoms with E-state index in [0.717, 1.165) is 36.8 Å². The molecule has 1 atom stereocenters. The molecular formula is C13H21N3OS. The molecule has 0 saturated carbocycles. The van der Waals surface area contributed by atoms with Crippen molar-refractivity contribution in [3.63, 3.8) is 0 Å². The van der Waals surface area contributed by atoms with Crippen molar-refractivity contribution in [2.24, 2.45) is 0 Å². The third-order valence-corrected chi connectivity index (χ3v) is 4.06. The molecule has 0 amide bonds. The summed E-state index contributed by atoms with van der Waals surface area (Å²) in [6.07, 6.45) is 3.21. The monoisotopic (exact) mass is 267 g/mol. The van der Waals surface area contributed by atoms with Gasteiger partial charge in [-0.1, -0.05) is 20.8 Å². The molecule has 1 fully saturated rings. The van der Waals surface area contributed by atoms with E-state index in [1.54, 1.807) is 6.92 Å². The normalized spacial score (nSPS) is 21.1. The van der Waals surface area contributed by atoms with E-state index in [1.807, 2.05) is 0 Å². The molecular weight excluding hydrogens is 246 g/mol. The molecule has 100 valence electrons. The van der Waals surface area contributed by atoms with Gasteiger partial charge in [0.25, 0.3) is 0 Å². The summed E-state index contributed by atoms with van der Waals surface area (Å²) in [6.45, 7) is 8.92. The van der Waals surface area contributed by atoms with Crippen LogP contribution in [0.25, 0.3) is 0 Å². The zero-order chi connectivity index (χ0) is 13.3. The van der Waals surface area contributed by atoms with Gasteiger partial charge in [0, 0.05) is 23.5 Å². The van der Waals surface area contributed by atoms with E-state index in [1.165, 1.54) is 11.5 Å². The molecule has 0 N–H and O–H groups in total. The van der Waals surface area contributed by atoms with Gasteiger partial charge < -0.3 is 4.90 Å². The highest BCUT2D eigenvalue weighted by Gasteiger charge is 2.29. The number of hydrogen-bond acceptors (Lipinski definition) is 5. The Labute approximate surface area is 113 Å². The van der Waals surface area contributed by atoms with Crippen molar-refractivity contribution < 1.29 is 4.79 Å². The van der Waals surface area contributed by atoms with Gasteiger partial charge in [-0.2, -0.15) is 4.37 Å². The second-order valence-corrected chi connectivity index (χ2v) is 6.70. The number of carbonyl (C=O) groups excluding carboxylic acids is 1. The van der Waals surface area contributed by atoms with Crippen LogP contribution in [0, 0.1) is 0 Å². The topological polar surface area (TPSA) is 46.1 Å². The van der Waals surface area contributed by atoms with Crippen LogP contribution in [0.3, 0.4) is 0 Å². The zero-order valence-corrected chi connectivity index (χ0v) is 12.4. The molecule has 4 nitrogen and oxygen atoms in total. The summed E-state index contributed by atoms with van der Waals surface area (Å²) < 4.78 is 4.43. The van der Waals surface area contributed by atoms with Crippen LogP contribution in [0.4, 0.5) is 5.13 Å². The molecule has 0 bridgehead atoms. The van der Waals surface area contributed by atoms with E-state index >= 15 is 0 Å². The fourth-order valence-electron chi connectivity index (χ4n) is 2.22. The minimum Gasteiger partial charge on any atom is -0.337 e. The van der Waals surface area contributed by atoms with Crippen LogP contribution < -0.4 is 4.90 Å². The Morgan fingerprint density at radius 3 is 2.67 bits per heavy atom. The molecule has 1 aliphatic heterocycles. The maximum Gasteiger partial charge on any atom is 0.205 e. The van der Waals surface area contributed by atoms with Gasteiger partial charge in [-0.05, 0) is 26.2 Å². The highest BCUT2D eigenvalue weighted by molar-refractivity contribution is 7.09. The van der Waals surface area contributed by atoms with Crippen LogP contribution in [0.15, 0.2) is 0 Å². The van der Waals surface area contributed by atoms with Crippen molar-refractivity contribution in [1.29, 1.82) is 0 Å². The predicted octanol–water partition coefficient (Wildman–Crippen LogP) is 2.78. The van der Waals surface area contributed by atoms with E-state index in [9.17, 15) is 4.79 Å². The molecule has 2 heterocycles. The summed E-state index contributed by atoms with van der Waals surface area (Å²) in [4.78, 5) is 18.5. The maximum absolute atomic E-state index is 11.7. The highest BCUT2D eigenvalue weighted by atomic mass is 32.1. The summed E-state index contributed by atoms with van der Waals surface area (Å²) in [6, 6.07) is -0.000446. The minimum atomic E-state index is -0.0315. The van der Waals surface area contributed by atoms with Gasteiger partial charge in [0.2, 0.25) is 5.13 Å². The number of ketones is 1. The van der Waals surface area contributed by atoms with Gasteiger partial charge in [-0.15, -0.1) is 0 Å². The van der Waals surface area contributed by atoms with Gasteiger partial charge in [-0.3, -0.25) is 4.79 Å². The van der Waals surface area contributed by atoms with Crippen molar-refractivity contribution in [3.05, 3.63) is 5.82 Å². The van der Waals surface area contributed by atoms with E-state index in [0.29, 0.717) is 0 Å². The first-order chi connectivity index (χ1) is 8.39. The van der Waals surface area contributed by atoms with Crippen LogP contribution in [0.5, 0.6) is 0 Å². The van der Waals surface area contributed by atoms with Crippen molar-refractivity contribution in [3.8, 4) is 0 Å². The average molecular weight is 267 g/mol. The van der Waals surface area contributed by atoms with Crippen LogP contribution in [0.1, 0.15) is 52.8 Å². The highest BCUT2D eigenvalue weighted by Crippen LogP contribution is 2.29.